The first-order chi connectivity index (χ1) is 13.2. The molecule has 2 rings (SSSR count). The number of nitrogens with one attached hydrogen (secondary N) is 1. The van der Waals surface area contributed by atoms with Crippen molar-refractivity contribution in [2.24, 2.45) is 5.92 Å². The lowest BCUT2D eigenvalue weighted by atomic mass is 9.77. The van der Waals surface area contributed by atoms with Crippen molar-refractivity contribution in [3.63, 3.8) is 0 Å². The summed E-state index contributed by atoms with van der Waals surface area (Å²) in [6.45, 7) is 8.00. The lowest BCUT2D eigenvalue weighted by molar-refractivity contribution is 0.303. The minimum absolute atomic E-state index is 0.804. The smallest absolute Gasteiger partial charge is 0.0370 e. The molecule has 0 aromatic heterocycles. The first kappa shape index (κ1) is 22.3. The lowest BCUT2D eigenvalue weighted by Crippen LogP contribution is -2.13. The number of unbranched alkanes of at least 4 members (excludes halogenated alkanes) is 7. The van der Waals surface area contributed by atoms with Crippen molar-refractivity contribution >= 4 is 5.69 Å². The molecular formula is C26H45N. The van der Waals surface area contributed by atoms with Gasteiger partial charge in [-0.05, 0) is 68.1 Å². The van der Waals surface area contributed by atoms with Crippen molar-refractivity contribution in [2.75, 3.05) is 11.9 Å². The summed E-state index contributed by atoms with van der Waals surface area (Å²) in [5.41, 5.74) is 4.37. The number of benzene rings is 1. The quantitative estimate of drug-likeness (QED) is 0.342. The second-order valence-corrected chi connectivity index (χ2v) is 8.98. The highest BCUT2D eigenvalue weighted by molar-refractivity contribution is 5.52. The second kappa shape index (κ2) is 13.2. The minimum Gasteiger partial charge on any atom is -0.385 e. The molecule has 27 heavy (non-hydrogen) atoms. The maximum Gasteiger partial charge on any atom is 0.0370 e. The van der Waals surface area contributed by atoms with E-state index in [-0.39, 0.29) is 0 Å². The molecule has 1 heteroatoms. The van der Waals surface area contributed by atoms with Gasteiger partial charge in [0.05, 0.1) is 0 Å². The van der Waals surface area contributed by atoms with Gasteiger partial charge in [-0.1, -0.05) is 83.8 Å². The van der Waals surface area contributed by atoms with Gasteiger partial charge in [0.1, 0.15) is 0 Å². The highest BCUT2D eigenvalue weighted by atomic mass is 14.9. The standard InChI is InChI=1S/C26H45N/c1-4-6-8-9-10-12-20-27-26-19-18-25(21-22(26)3)24-16-14-23(15-17-24)13-11-7-5-2/h18-19,21,23-24,27H,4-17,20H2,1-3H3/t23-,24-. The molecule has 0 spiro atoms. The van der Waals surface area contributed by atoms with Crippen LogP contribution in [0.15, 0.2) is 18.2 Å². The minimum atomic E-state index is 0.804. The van der Waals surface area contributed by atoms with Gasteiger partial charge in [-0.2, -0.15) is 0 Å². The molecule has 0 radical (unpaired) electrons. The van der Waals surface area contributed by atoms with Crippen LogP contribution in [0.2, 0.25) is 0 Å². The molecule has 0 saturated heterocycles. The molecule has 0 unspecified atom stereocenters. The summed E-state index contributed by atoms with van der Waals surface area (Å²) in [6, 6.07) is 7.21. The number of aryl methyl sites for hydroxylation is 1. The molecule has 0 amide bonds. The summed E-state index contributed by atoms with van der Waals surface area (Å²) in [4.78, 5) is 0. The zero-order valence-electron chi connectivity index (χ0n) is 18.5. The van der Waals surface area contributed by atoms with Crippen LogP contribution in [-0.2, 0) is 0 Å². The Morgan fingerprint density at radius 2 is 1.48 bits per heavy atom. The summed E-state index contributed by atoms with van der Waals surface area (Å²) in [7, 11) is 0. The van der Waals surface area contributed by atoms with Crippen molar-refractivity contribution < 1.29 is 0 Å². The summed E-state index contributed by atoms with van der Waals surface area (Å²) < 4.78 is 0. The molecule has 1 aromatic rings. The van der Waals surface area contributed by atoms with Crippen LogP contribution in [0.3, 0.4) is 0 Å². The zero-order chi connectivity index (χ0) is 19.3. The Morgan fingerprint density at radius 3 is 2.19 bits per heavy atom. The van der Waals surface area contributed by atoms with E-state index in [0.717, 1.165) is 18.4 Å². The van der Waals surface area contributed by atoms with E-state index < -0.39 is 0 Å². The van der Waals surface area contributed by atoms with Crippen LogP contribution >= 0.6 is 0 Å². The van der Waals surface area contributed by atoms with Crippen molar-refractivity contribution in [2.45, 2.75) is 117 Å². The van der Waals surface area contributed by atoms with Crippen LogP contribution in [-0.4, -0.2) is 6.54 Å². The Morgan fingerprint density at radius 1 is 0.815 bits per heavy atom. The summed E-state index contributed by atoms with van der Waals surface area (Å²) in [6.07, 6.45) is 19.6. The first-order valence-corrected chi connectivity index (χ1v) is 12.1. The highest BCUT2D eigenvalue weighted by Crippen LogP contribution is 2.38. The normalized spacial score (nSPS) is 20.0. The van der Waals surface area contributed by atoms with E-state index in [0.29, 0.717) is 0 Å². The molecule has 0 heterocycles. The average molecular weight is 372 g/mol. The molecule has 1 aliphatic rings. The molecule has 0 atom stereocenters. The molecule has 1 N–H and O–H groups in total. The summed E-state index contributed by atoms with van der Waals surface area (Å²) in [5.74, 6) is 1.81. The molecule has 1 aliphatic carbocycles. The molecule has 0 bridgehead atoms. The molecular weight excluding hydrogens is 326 g/mol. The fourth-order valence-corrected chi connectivity index (χ4v) is 4.74. The summed E-state index contributed by atoms with van der Waals surface area (Å²) in [5, 5.41) is 3.67. The van der Waals surface area contributed by atoms with Gasteiger partial charge < -0.3 is 5.32 Å². The first-order valence-electron chi connectivity index (χ1n) is 12.1. The molecule has 154 valence electrons. The number of hydrogen-bond donors (Lipinski definition) is 1. The maximum atomic E-state index is 3.67. The fourth-order valence-electron chi connectivity index (χ4n) is 4.74. The van der Waals surface area contributed by atoms with Crippen molar-refractivity contribution in [3.05, 3.63) is 29.3 Å². The van der Waals surface area contributed by atoms with Crippen LogP contribution < -0.4 is 5.32 Å². The van der Waals surface area contributed by atoms with Crippen LogP contribution in [0.4, 0.5) is 5.69 Å². The fraction of sp³-hybridized carbons (Fsp3) is 0.769. The van der Waals surface area contributed by atoms with Gasteiger partial charge in [0.2, 0.25) is 0 Å². The van der Waals surface area contributed by atoms with Crippen LogP contribution in [0, 0.1) is 12.8 Å². The monoisotopic (exact) mass is 371 g/mol. The van der Waals surface area contributed by atoms with Crippen molar-refractivity contribution in [1.82, 2.24) is 0 Å². The Bertz CT molecular complexity index is 499. The third kappa shape index (κ3) is 8.28. The van der Waals surface area contributed by atoms with Crippen LogP contribution in [0.5, 0.6) is 0 Å². The van der Waals surface area contributed by atoms with E-state index in [9.17, 15) is 0 Å². The third-order valence-corrected chi connectivity index (χ3v) is 6.63. The average Bonchev–Trinajstić information content (AvgIpc) is 2.69. The van der Waals surface area contributed by atoms with E-state index in [1.807, 2.05) is 0 Å². The topological polar surface area (TPSA) is 12.0 Å². The van der Waals surface area contributed by atoms with Gasteiger partial charge in [0.15, 0.2) is 0 Å². The third-order valence-electron chi connectivity index (χ3n) is 6.63. The van der Waals surface area contributed by atoms with E-state index in [1.165, 1.54) is 101 Å². The van der Waals surface area contributed by atoms with E-state index in [2.05, 4.69) is 44.3 Å². The second-order valence-electron chi connectivity index (χ2n) is 8.98. The van der Waals surface area contributed by atoms with Gasteiger partial charge in [0.25, 0.3) is 0 Å². The van der Waals surface area contributed by atoms with Gasteiger partial charge in [-0.15, -0.1) is 0 Å². The van der Waals surface area contributed by atoms with Gasteiger partial charge in [-0.25, -0.2) is 0 Å². The van der Waals surface area contributed by atoms with Crippen molar-refractivity contribution in [1.29, 1.82) is 0 Å². The Hall–Kier alpha value is -0.980. The van der Waals surface area contributed by atoms with E-state index in [1.54, 1.807) is 5.56 Å². The van der Waals surface area contributed by atoms with Crippen molar-refractivity contribution in [3.8, 4) is 0 Å². The molecule has 1 fully saturated rings. The predicted molar refractivity (Wildman–Crippen MR) is 122 cm³/mol. The molecule has 0 aliphatic heterocycles. The van der Waals surface area contributed by atoms with E-state index >= 15 is 0 Å². The SMILES string of the molecule is CCCCCCCCNc1ccc([C@H]2CC[C@H](CCCCC)CC2)cc1C. The van der Waals surface area contributed by atoms with Gasteiger partial charge in [-0.3, -0.25) is 0 Å². The predicted octanol–water partition coefficient (Wildman–Crippen LogP) is 8.62. The number of hydrogen-bond acceptors (Lipinski definition) is 1. The summed E-state index contributed by atoms with van der Waals surface area (Å²) >= 11 is 0. The number of rotatable bonds is 13. The Kier molecular flexibility index (Phi) is 10.9. The Labute approximate surface area is 169 Å². The lowest BCUT2D eigenvalue weighted by Gasteiger charge is -2.29. The van der Waals surface area contributed by atoms with Crippen LogP contribution in [0.1, 0.15) is 121 Å². The molecule has 1 nitrogen and oxygen atoms in total. The van der Waals surface area contributed by atoms with E-state index in [4.69, 9.17) is 0 Å². The maximum absolute atomic E-state index is 3.67. The van der Waals surface area contributed by atoms with Gasteiger partial charge in [0, 0.05) is 12.2 Å². The molecule has 1 saturated carbocycles. The zero-order valence-corrected chi connectivity index (χ0v) is 18.5. The van der Waals surface area contributed by atoms with Gasteiger partial charge >= 0.3 is 0 Å². The Balaban J connectivity index is 1.70. The largest absolute Gasteiger partial charge is 0.385 e. The van der Waals surface area contributed by atoms with Crippen LogP contribution in [0.25, 0.3) is 0 Å². The highest BCUT2D eigenvalue weighted by Gasteiger charge is 2.22. The number of anilines is 1. The molecule has 1 aromatic carbocycles.